The number of benzene rings is 1. The summed E-state index contributed by atoms with van der Waals surface area (Å²) in [5.74, 6) is 1.85. The molecule has 0 unspecified atom stereocenters. The van der Waals surface area contributed by atoms with Gasteiger partial charge in [-0.1, -0.05) is 6.07 Å². The van der Waals surface area contributed by atoms with Crippen molar-refractivity contribution < 1.29 is 23.0 Å². The van der Waals surface area contributed by atoms with Crippen LogP contribution in [0.2, 0.25) is 0 Å². The monoisotopic (exact) mass is 399 g/mol. The van der Waals surface area contributed by atoms with E-state index in [2.05, 4.69) is 20.4 Å². The van der Waals surface area contributed by atoms with Gasteiger partial charge < -0.3 is 24.8 Å². The van der Waals surface area contributed by atoms with Crippen molar-refractivity contribution in [2.24, 2.45) is 10.9 Å². The molecule has 158 valence electrons. The molecule has 1 saturated carbocycles. The zero-order chi connectivity index (χ0) is 20.2. The van der Waals surface area contributed by atoms with Crippen molar-refractivity contribution in [3.63, 3.8) is 0 Å². The first-order chi connectivity index (χ1) is 13.6. The van der Waals surface area contributed by atoms with Gasteiger partial charge in [-0.15, -0.1) is 0 Å². The average Bonchev–Trinajstić information content (AvgIpc) is 3.48. The van der Waals surface area contributed by atoms with E-state index in [9.17, 15) is 8.78 Å². The van der Waals surface area contributed by atoms with Crippen LogP contribution < -0.4 is 20.1 Å². The topological polar surface area (TPSA) is 64.1 Å². The van der Waals surface area contributed by atoms with Gasteiger partial charge in [0.15, 0.2) is 17.5 Å². The molecule has 0 saturated heterocycles. The number of halogens is 2. The number of nitrogens with zero attached hydrogens (tertiary/aromatic N) is 1. The van der Waals surface area contributed by atoms with Gasteiger partial charge in [-0.2, -0.15) is 8.78 Å². The highest BCUT2D eigenvalue weighted by molar-refractivity contribution is 5.79. The molecule has 28 heavy (non-hydrogen) atoms. The summed E-state index contributed by atoms with van der Waals surface area (Å²) in [6.45, 7) is 2.80. The van der Waals surface area contributed by atoms with Gasteiger partial charge in [0.2, 0.25) is 0 Å². The molecule has 2 N–H and O–H groups in total. The summed E-state index contributed by atoms with van der Waals surface area (Å²) in [5, 5.41) is 6.45. The Morgan fingerprint density at radius 2 is 2.07 bits per heavy atom. The van der Waals surface area contributed by atoms with E-state index in [-0.39, 0.29) is 11.5 Å². The number of aliphatic imine (C=N–C) groups is 1. The van der Waals surface area contributed by atoms with Crippen LogP contribution >= 0.6 is 0 Å². The van der Waals surface area contributed by atoms with Crippen molar-refractivity contribution >= 4 is 5.96 Å². The second-order valence-corrected chi connectivity index (χ2v) is 6.67. The Kier molecular flexibility index (Phi) is 9.82. The summed E-state index contributed by atoms with van der Waals surface area (Å²) in [5.41, 5.74) is 0.869. The minimum atomic E-state index is -2.89. The number of rotatable bonds is 13. The van der Waals surface area contributed by atoms with Gasteiger partial charge in [0.05, 0.1) is 7.11 Å². The molecule has 6 nitrogen and oxygen atoms in total. The molecule has 0 bridgehead atoms. The highest BCUT2D eigenvalue weighted by Crippen LogP contribution is 2.29. The number of hydrogen-bond acceptors (Lipinski definition) is 4. The van der Waals surface area contributed by atoms with Crippen LogP contribution in [0.5, 0.6) is 11.5 Å². The number of alkyl halides is 2. The summed E-state index contributed by atoms with van der Waals surface area (Å²) >= 11 is 0. The Morgan fingerprint density at radius 1 is 1.25 bits per heavy atom. The van der Waals surface area contributed by atoms with E-state index >= 15 is 0 Å². The van der Waals surface area contributed by atoms with E-state index in [0.717, 1.165) is 43.6 Å². The van der Waals surface area contributed by atoms with Crippen molar-refractivity contribution in [3.05, 3.63) is 23.8 Å². The highest BCUT2D eigenvalue weighted by atomic mass is 19.3. The zero-order valence-electron chi connectivity index (χ0n) is 16.7. The smallest absolute Gasteiger partial charge is 0.387 e. The fourth-order valence-corrected chi connectivity index (χ4v) is 2.62. The molecule has 1 aliphatic rings. The van der Waals surface area contributed by atoms with E-state index < -0.39 is 6.61 Å². The predicted molar refractivity (Wildman–Crippen MR) is 105 cm³/mol. The van der Waals surface area contributed by atoms with E-state index in [4.69, 9.17) is 9.47 Å². The normalized spacial score (nSPS) is 14.2. The Labute approximate surface area is 165 Å². The maximum Gasteiger partial charge on any atom is 0.387 e. The van der Waals surface area contributed by atoms with E-state index in [1.807, 2.05) is 13.0 Å². The standard InChI is InChI=1S/C20H31F2N3O3/c1-3-23-20(24-10-4-12-27-14-16-5-6-16)25-11-9-15-7-8-17(26-2)18(13-15)28-19(21)22/h7-8,13,16,19H,3-6,9-12,14H2,1-2H3,(H2,23,24,25). The number of guanidine groups is 1. The molecule has 1 fully saturated rings. The van der Waals surface area contributed by atoms with Crippen LogP contribution in [-0.2, 0) is 11.2 Å². The molecule has 0 aliphatic heterocycles. The molecule has 0 spiro atoms. The molecule has 1 aromatic carbocycles. The van der Waals surface area contributed by atoms with Crippen molar-refractivity contribution in [3.8, 4) is 11.5 Å². The quantitative estimate of drug-likeness (QED) is 0.303. The zero-order valence-corrected chi connectivity index (χ0v) is 16.7. The van der Waals surface area contributed by atoms with Crippen LogP contribution in [0.15, 0.2) is 23.2 Å². The van der Waals surface area contributed by atoms with Gasteiger partial charge in [0, 0.05) is 32.8 Å². The number of nitrogens with one attached hydrogen (secondary N) is 2. The molecule has 0 aromatic heterocycles. The van der Waals surface area contributed by atoms with Crippen molar-refractivity contribution in [2.45, 2.75) is 39.2 Å². The molecule has 1 aliphatic carbocycles. The molecule has 0 amide bonds. The third-order valence-corrected chi connectivity index (χ3v) is 4.26. The van der Waals surface area contributed by atoms with Gasteiger partial charge in [-0.3, -0.25) is 4.99 Å². The Morgan fingerprint density at radius 3 is 2.75 bits per heavy atom. The van der Waals surface area contributed by atoms with Crippen molar-refractivity contribution in [1.29, 1.82) is 0 Å². The SMILES string of the molecule is CCNC(=NCCCOCC1CC1)NCCc1ccc(OC)c(OC(F)F)c1. The Balaban J connectivity index is 1.75. The molecule has 1 aromatic rings. The lowest BCUT2D eigenvalue weighted by Gasteiger charge is -2.13. The maximum atomic E-state index is 12.5. The first-order valence-electron chi connectivity index (χ1n) is 9.84. The van der Waals surface area contributed by atoms with Crippen LogP contribution in [0.3, 0.4) is 0 Å². The predicted octanol–water partition coefficient (Wildman–Crippen LogP) is 3.21. The highest BCUT2D eigenvalue weighted by Gasteiger charge is 2.20. The van der Waals surface area contributed by atoms with Gasteiger partial charge >= 0.3 is 6.61 Å². The summed E-state index contributed by atoms with van der Waals surface area (Å²) in [6, 6.07) is 5.04. The molecule has 0 heterocycles. The number of methoxy groups -OCH3 is 1. The second-order valence-electron chi connectivity index (χ2n) is 6.67. The lowest BCUT2D eigenvalue weighted by molar-refractivity contribution is -0.0512. The summed E-state index contributed by atoms with van der Waals surface area (Å²) < 4.78 is 40.2. The van der Waals surface area contributed by atoms with E-state index in [0.29, 0.717) is 19.5 Å². The van der Waals surface area contributed by atoms with Crippen LogP contribution in [0.25, 0.3) is 0 Å². The first-order valence-corrected chi connectivity index (χ1v) is 9.84. The fourth-order valence-electron chi connectivity index (χ4n) is 2.62. The lowest BCUT2D eigenvalue weighted by Crippen LogP contribution is -2.38. The van der Waals surface area contributed by atoms with Gasteiger partial charge in [-0.25, -0.2) is 0 Å². The maximum absolute atomic E-state index is 12.5. The molecule has 8 heteroatoms. The van der Waals surface area contributed by atoms with Gasteiger partial charge in [0.25, 0.3) is 0 Å². The molecular formula is C20H31F2N3O3. The molecular weight excluding hydrogens is 368 g/mol. The molecule has 0 radical (unpaired) electrons. The van der Waals surface area contributed by atoms with Crippen LogP contribution in [-0.4, -0.2) is 52.5 Å². The summed E-state index contributed by atoms with van der Waals surface area (Å²) in [7, 11) is 1.42. The molecule has 2 rings (SSSR count). The number of hydrogen-bond donors (Lipinski definition) is 2. The Bertz CT molecular complexity index is 610. The van der Waals surface area contributed by atoms with E-state index in [1.54, 1.807) is 12.1 Å². The minimum Gasteiger partial charge on any atom is -0.493 e. The third-order valence-electron chi connectivity index (χ3n) is 4.26. The van der Waals surface area contributed by atoms with Crippen LogP contribution in [0.4, 0.5) is 8.78 Å². The first kappa shape index (κ1) is 22.2. The second kappa shape index (κ2) is 12.4. The average molecular weight is 399 g/mol. The Hall–Kier alpha value is -2.09. The van der Waals surface area contributed by atoms with Gasteiger partial charge in [-0.05, 0) is 56.2 Å². The van der Waals surface area contributed by atoms with Crippen LogP contribution in [0, 0.1) is 5.92 Å². The largest absolute Gasteiger partial charge is 0.493 e. The van der Waals surface area contributed by atoms with Gasteiger partial charge in [0.1, 0.15) is 0 Å². The fraction of sp³-hybridized carbons (Fsp3) is 0.650. The summed E-state index contributed by atoms with van der Waals surface area (Å²) in [4.78, 5) is 4.53. The van der Waals surface area contributed by atoms with E-state index in [1.165, 1.54) is 20.0 Å². The van der Waals surface area contributed by atoms with Crippen LogP contribution in [0.1, 0.15) is 31.7 Å². The number of ether oxygens (including phenoxy) is 3. The third kappa shape index (κ3) is 8.73. The van der Waals surface area contributed by atoms with Crippen molar-refractivity contribution in [2.75, 3.05) is 40.0 Å². The molecule has 0 atom stereocenters. The van der Waals surface area contributed by atoms with Crippen molar-refractivity contribution in [1.82, 2.24) is 10.6 Å². The lowest BCUT2D eigenvalue weighted by atomic mass is 10.1. The minimum absolute atomic E-state index is 0.0433. The summed E-state index contributed by atoms with van der Waals surface area (Å²) in [6.07, 6.45) is 4.13.